The first-order valence-corrected chi connectivity index (χ1v) is 2.56. The minimum absolute atomic E-state index is 0.106. The average Bonchev–Trinajstić information content (AvgIpc) is 1.65. The maximum absolute atomic E-state index is 3.89. The van der Waals surface area contributed by atoms with Crippen molar-refractivity contribution >= 4 is 0 Å². The number of nitrogens with one attached hydrogen (secondary N) is 1. The van der Waals surface area contributed by atoms with E-state index >= 15 is 0 Å². The van der Waals surface area contributed by atoms with Gasteiger partial charge in [-0.3, -0.25) is 5.43 Å². The Labute approximate surface area is 48.5 Å². The maximum atomic E-state index is 3.89. The van der Waals surface area contributed by atoms with E-state index in [0.29, 0.717) is 0 Å². The predicted molar refractivity (Wildman–Crippen MR) is 31.2 cm³/mol. The van der Waals surface area contributed by atoms with E-state index in [1.54, 1.807) is 6.20 Å². The van der Waals surface area contributed by atoms with Crippen molar-refractivity contribution in [1.82, 2.24) is 5.43 Å². The summed E-state index contributed by atoms with van der Waals surface area (Å²) in [5, 5.41) is 7.51. The van der Waals surface area contributed by atoms with Crippen LogP contribution >= 0.6 is 0 Å². The van der Waals surface area contributed by atoms with Gasteiger partial charge in [-0.15, -0.1) is 0 Å². The maximum Gasteiger partial charge on any atom is 0.0978 e. The van der Waals surface area contributed by atoms with E-state index in [0.717, 1.165) is 0 Å². The molecule has 3 heteroatoms. The monoisotopic (exact) mass is 111 g/mol. The van der Waals surface area contributed by atoms with E-state index in [-0.39, 0.29) is 5.54 Å². The molecule has 1 aliphatic rings. The van der Waals surface area contributed by atoms with Crippen LogP contribution in [0.25, 0.3) is 0 Å². The predicted octanol–water partition coefficient (Wildman–Crippen LogP) is 1.25. The standard InChI is InChI=1S/C5H9N3/c1-5(2)3-4-6-8-7-5/h3-4H,1-2H3,(H,6,7). The molecular weight excluding hydrogens is 102 g/mol. The molecule has 44 valence electrons. The number of nitrogens with zero attached hydrogens (tertiary/aromatic N) is 2. The van der Waals surface area contributed by atoms with Gasteiger partial charge in [-0.25, -0.2) is 0 Å². The Balaban J connectivity index is 2.69. The summed E-state index contributed by atoms with van der Waals surface area (Å²) in [5.74, 6) is 0. The Bertz CT molecular complexity index is 121. The van der Waals surface area contributed by atoms with Crippen molar-refractivity contribution in [3.63, 3.8) is 0 Å². The minimum atomic E-state index is -0.106. The van der Waals surface area contributed by atoms with Crippen molar-refractivity contribution in [2.24, 2.45) is 10.3 Å². The lowest BCUT2D eigenvalue weighted by molar-refractivity contribution is 0.559. The van der Waals surface area contributed by atoms with E-state index in [1.807, 2.05) is 19.9 Å². The molecule has 0 aliphatic carbocycles. The third-order valence-corrected chi connectivity index (χ3v) is 0.931. The zero-order valence-electron chi connectivity index (χ0n) is 5.05. The Morgan fingerprint density at radius 3 is 2.50 bits per heavy atom. The van der Waals surface area contributed by atoms with Crippen LogP contribution in [0.2, 0.25) is 0 Å². The van der Waals surface area contributed by atoms with Crippen molar-refractivity contribution in [2.45, 2.75) is 19.4 Å². The van der Waals surface area contributed by atoms with Gasteiger partial charge in [0.25, 0.3) is 0 Å². The zero-order valence-corrected chi connectivity index (χ0v) is 5.05. The molecule has 0 unspecified atom stereocenters. The lowest BCUT2D eigenvalue weighted by atomic mass is 10.1. The Morgan fingerprint density at radius 1 is 1.50 bits per heavy atom. The summed E-state index contributed by atoms with van der Waals surface area (Å²) in [6.07, 6.45) is 3.74. The van der Waals surface area contributed by atoms with E-state index < -0.39 is 0 Å². The third-order valence-electron chi connectivity index (χ3n) is 0.931. The quantitative estimate of drug-likeness (QED) is 0.501. The van der Waals surface area contributed by atoms with Gasteiger partial charge >= 0.3 is 0 Å². The molecule has 0 saturated carbocycles. The molecule has 1 rings (SSSR count). The molecule has 0 amide bonds. The zero-order chi connectivity index (χ0) is 6.04. The Hall–Kier alpha value is -0.860. The van der Waals surface area contributed by atoms with Gasteiger partial charge in [-0.1, -0.05) is 5.22 Å². The smallest absolute Gasteiger partial charge is 0.0978 e. The molecule has 1 heterocycles. The van der Waals surface area contributed by atoms with Gasteiger partial charge in [0.05, 0.1) is 5.54 Å². The van der Waals surface area contributed by atoms with Crippen LogP contribution < -0.4 is 5.43 Å². The first-order valence-electron chi connectivity index (χ1n) is 2.56. The lowest BCUT2D eigenvalue weighted by Crippen LogP contribution is -2.17. The summed E-state index contributed by atoms with van der Waals surface area (Å²) in [6, 6.07) is 0. The van der Waals surface area contributed by atoms with Crippen molar-refractivity contribution in [1.29, 1.82) is 0 Å². The molecule has 0 saturated heterocycles. The first-order chi connectivity index (χ1) is 3.71. The first kappa shape index (κ1) is 5.28. The van der Waals surface area contributed by atoms with Crippen LogP contribution in [-0.2, 0) is 0 Å². The molecule has 0 aromatic rings. The van der Waals surface area contributed by atoms with E-state index in [2.05, 4.69) is 15.8 Å². The highest BCUT2D eigenvalue weighted by molar-refractivity contribution is 5.00. The Kier molecular flexibility index (Phi) is 1.04. The van der Waals surface area contributed by atoms with Gasteiger partial charge in [-0.2, -0.15) is 5.11 Å². The minimum Gasteiger partial charge on any atom is -0.268 e. The van der Waals surface area contributed by atoms with Crippen LogP contribution in [0.3, 0.4) is 0 Å². The van der Waals surface area contributed by atoms with Crippen molar-refractivity contribution < 1.29 is 0 Å². The van der Waals surface area contributed by atoms with Crippen molar-refractivity contribution in [3.05, 3.63) is 12.3 Å². The second-order valence-electron chi connectivity index (χ2n) is 2.32. The average molecular weight is 111 g/mol. The van der Waals surface area contributed by atoms with Crippen LogP contribution in [0.15, 0.2) is 22.6 Å². The highest BCUT2D eigenvalue weighted by Gasteiger charge is 2.12. The molecule has 0 bridgehead atoms. The third kappa shape index (κ3) is 1.05. The van der Waals surface area contributed by atoms with Gasteiger partial charge in [0.15, 0.2) is 0 Å². The summed E-state index contributed by atoms with van der Waals surface area (Å²) in [6.45, 7) is 3.99. The lowest BCUT2D eigenvalue weighted by Gasteiger charge is -2.14. The second-order valence-corrected chi connectivity index (χ2v) is 2.32. The highest BCUT2D eigenvalue weighted by Crippen LogP contribution is 2.12. The molecule has 0 fully saturated rings. The Morgan fingerprint density at radius 2 is 2.25 bits per heavy atom. The summed E-state index contributed by atoms with van der Waals surface area (Å²) >= 11 is 0. The fraction of sp³-hybridized carbons (Fsp3) is 0.600. The molecule has 0 aromatic heterocycles. The van der Waals surface area contributed by atoms with E-state index in [1.165, 1.54) is 0 Å². The van der Waals surface area contributed by atoms with Crippen LogP contribution in [0.1, 0.15) is 13.8 Å². The summed E-state index contributed by atoms with van der Waals surface area (Å²) in [4.78, 5) is 0. The molecule has 0 aromatic carbocycles. The van der Waals surface area contributed by atoms with Crippen LogP contribution in [0.5, 0.6) is 0 Å². The molecule has 8 heavy (non-hydrogen) atoms. The van der Waals surface area contributed by atoms with Gasteiger partial charge in [0.2, 0.25) is 0 Å². The van der Waals surface area contributed by atoms with Crippen molar-refractivity contribution in [2.75, 3.05) is 0 Å². The van der Waals surface area contributed by atoms with Gasteiger partial charge < -0.3 is 0 Å². The van der Waals surface area contributed by atoms with Crippen molar-refractivity contribution in [3.8, 4) is 0 Å². The SMILES string of the molecule is CC1(C)C=CNN=N1. The van der Waals surface area contributed by atoms with Gasteiger partial charge in [0.1, 0.15) is 0 Å². The summed E-state index contributed by atoms with van der Waals surface area (Å²) in [5.41, 5.74) is 2.51. The van der Waals surface area contributed by atoms with Crippen LogP contribution in [0, 0.1) is 0 Å². The number of rotatable bonds is 0. The molecule has 1 aliphatic heterocycles. The van der Waals surface area contributed by atoms with E-state index in [4.69, 9.17) is 0 Å². The topological polar surface area (TPSA) is 36.8 Å². The molecular formula is C5H9N3. The van der Waals surface area contributed by atoms with Gasteiger partial charge in [0, 0.05) is 6.20 Å². The van der Waals surface area contributed by atoms with Gasteiger partial charge in [-0.05, 0) is 19.9 Å². The molecule has 3 nitrogen and oxygen atoms in total. The number of hydrogen-bond acceptors (Lipinski definition) is 3. The largest absolute Gasteiger partial charge is 0.268 e. The molecule has 0 spiro atoms. The van der Waals surface area contributed by atoms with E-state index in [9.17, 15) is 0 Å². The summed E-state index contributed by atoms with van der Waals surface area (Å²) in [7, 11) is 0. The fourth-order valence-electron chi connectivity index (χ4n) is 0.466. The molecule has 0 radical (unpaired) electrons. The summed E-state index contributed by atoms with van der Waals surface area (Å²) < 4.78 is 0. The van der Waals surface area contributed by atoms with Crippen LogP contribution in [0.4, 0.5) is 0 Å². The second kappa shape index (κ2) is 1.58. The highest BCUT2D eigenvalue weighted by atomic mass is 15.4. The fourth-order valence-corrected chi connectivity index (χ4v) is 0.466. The van der Waals surface area contributed by atoms with Crippen LogP contribution in [-0.4, -0.2) is 5.54 Å². The molecule has 0 atom stereocenters. The molecule has 1 N–H and O–H groups in total. The normalized spacial score (nSPS) is 22.8. The number of hydrogen-bond donors (Lipinski definition) is 1.